The van der Waals surface area contributed by atoms with E-state index in [4.69, 9.17) is 34.5 Å². The molecule has 2 aromatic rings. The van der Waals surface area contributed by atoms with Crippen molar-refractivity contribution in [3.05, 3.63) is 63.9 Å². The SMILES string of the molecule is [C-]#[N+]c1ccc(OCC2(CO)CN(S(=O)(=O)c3ccc(Cl)cc3Cl)C2)cc1. The number of sulfonamides is 1. The third-order valence-electron chi connectivity index (χ3n) is 4.38. The number of rotatable bonds is 6. The van der Waals surface area contributed by atoms with E-state index in [9.17, 15) is 13.5 Å². The molecule has 1 aliphatic heterocycles. The van der Waals surface area contributed by atoms with Crippen molar-refractivity contribution < 1.29 is 18.3 Å². The average Bonchev–Trinajstić information content (AvgIpc) is 2.61. The van der Waals surface area contributed by atoms with E-state index in [0.29, 0.717) is 16.5 Å². The first-order chi connectivity index (χ1) is 12.8. The minimum absolute atomic E-state index is 0.0178. The van der Waals surface area contributed by atoms with Gasteiger partial charge in [0, 0.05) is 18.1 Å². The number of ether oxygens (including phenoxy) is 1. The summed E-state index contributed by atoms with van der Waals surface area (Å²) in [4.78, 5) is 3.29. The van der Waals surface area contributed by atoms with E-state index >= 15 is 0 Å². The maximum Gasteiger partial charge on any atom is 0.244 e. The maximum atomic E-state index is 12.7. The number of aliphatic hydroxyl groups is 1. The molecular weight excluding hydrogens is 411 g/mol. The van der Waals surface area contributed by atoms with E-state index < -0.39 is 15.4 Å². The first-order valence-corrected chi connectivity index (χ1v) is 10.2. The third kappa shape index (κ3) is 4.05. The summed E-state index contributed by atoms with van der Waals surface area (Å²) in [5, 5.41) is 10.2. The number of benzene rings is 2. The van der Waals surface area contributed by atoms with Crippen LogP contribution in [0.2, 0.25) is 10.0 Å². The fraction of sp³-hybridized carbons (Fsp3) is 0.278. The number of aliphatic hydroxyl groups excluding tert-OH is 1. The molecule has 1 fully saturated rings. The Bertz CT molecular complexity index is 981. The molecule has 0 bridgehead atoms. The molecule has 0 unspecified atom stereocenters. The number of hydrogen-bond acceptors (Lipinski definition) is 4. The van der Waals surface area contributed by atoms with Crippen molar-refractivity contribution in [3.63, 3.8) is 0 Å². The minimum atomic E-state index is -3.78. The van der Waals surface area contributed by atoms with Crippen molar-refractivity contribution in [2.24, 2.45) is 5.41 Å². The maximum absolute atomic E-state index is 12.7. The highest BCUT2D eigenvalue weighted by atomic mass is 35.5. The van der Waals surface area contributed by atoms with Crippen molar-refractivity contribution in [1.29, 1.82) is 0 Å². The molecule has 0 spiro atoms. The van der Waals surface area contributed by atoms with Gasteiger partial charge in [-0.05, 0) is 30.3 Å². The van der Waals surface area contributed by atoms with Gasteiger partial charge in [0.25, 0.3) is 0 Å². The second-order valence-electron chi connectivity index (χ2n) is 6.40. The molecule has 1 aliphatic rings. The largest absolute Gasteiger partial charge is 0.493 e. The molecule has 1 saturated heterocycles. The summed E-state index contributed by atoms with van der Waals surface area (Å²) in [7, 11) is -3.78. The van der Waals surface area contributed by atoms with Crippen molar-refractivity contribution in [1.82, 2.24) is 4.31 Å². The van der Waals surface area contributed by atoms with Gasteiger partial charge in [-0.1, -0.05) is 35.3 Å². The number of nitrogens with zero attached hydrogens (tertiary/aromatic N) is 2. The van der Waals surface area contributed by atoms with E-state index in [-0.39, 0.29) is 36.2 Å². The molecule has 142 valence electrons. The zero-order chi connectivity index (χ0) is 19.7. The molecule has 0 atom stereocenters. The van der Waals surface area contributed by atoms with Crippen LogP contribution in [0.5, 0.6) is 5.75 Å². The van der Waals surface area contributed by atoms with Gasteiger partial charge in [0.2, 0.25) is 10.0 Å². The lowest BCUT2D eigenvalue weighted by Crippen LogP contribution is -2.62. The normalized spacial score (nSPS) is 16.4. The van der Waals surface area contributed by atoms with E-state index in [1.807, 2.05) is 0 Å². The average molecular weight is 427 g/mol. The number of halogens is 2. The highest BCUT2D eigenvalue weighted by Crippen LogP contribution is 2.37. The van der Waals surface area contributed by atoms with Gasteiger partial charge in [0.05, 0.1) is 30.2 Å². The molecule has 9 heteroatoms. The van der Waals surface area contributed by atoms with Gasteiger partial charge in [-0.25, -0.2) is 13.3 Å². The first kappa shape index (κ1) is 19.9. The Morgan fingerprint density at radius 3 is 2.41 bits per heavy atom. The van der Waals surface area contributed by atoms with Crippen LogP contribution < -0.4 is 4.74 Å². The van der Waals surface area contributed by atoms with Gasteiger partial charge in [-0.3, -0.25) is 0 Å². The fourth-order valence-corrected chi connectivity index (χ4v) is 5.20. The van der Waals surface area contributed by atoms with Crippen LogP contribution in [0.1, 0.15) is 0 Å². The molecule has 0 aromatic heterocycles. The van der Waals surface area contributed by atoms with E-state index in [0.717, 1.165) is 0 Å². The molecule has 0 aliphatic carbocycles. The van der Waals surface area contributed by atoms with Crippen LogP contribution in [-0.4, -0.2) is 44.1 Å². The van der Waals surface area contributed by atoms with E-state index in [1.54, 1.807) is 24.3 Å². The smallest absolute Gasteiger partial charge is 0.244 e. The zero-order valence-electron chi connectivity index (χ0n) is 14.1. The topological polar surface area (TPSA) is 71.2 Å². The van der Waals surface area contributed by atoms with Crippen LogP contribution in [0.4, 0.5) is 5.69 Å². The molecule has 2 aromatic carbocycles. The molecule has 1 N–H and O–H groups in total. The quantitative estimate of drug-likeness (QED) is 0.716. The summed E-state index contributed by atoms with van der Waals surface area (Å²) in [5.41, 5.74) is -0.190. The van der Waals surface area contributed by atoms with Gasteiger partial charge >= 0.3 is 0 Å². The summed E-state index contributed by atoms with van der Waals surface area (Å²) in [6.45, 7) is 7.11. The van der Waals surface area contributed by atoms with E-state index in [1.165, 1.54) is 22.5 Å². The Hall–Kier alpha value is -1.82. The van der Waals surface area contributed by atoms with Gasteiger partial charge in [0.1, 0.15) is 10.6 Å². The Kier molecular flexibility index (Phi) is 5.65. The predicted octanol–water partition coefficient (Wildman–Crippen LogP) is 3.61. The van der Waals surface area contributed by atoms with Crippen LogP contribution >= 0.6 is 23.2 Å². The number of hydrogen-bond donors (Lipinski definition) is 1. The van der Waals surface area contributed by atoms with Crippen molar-refractivity contribution in [2.45, 2.75) is 4.90 Å². The molecular formula is C18H16Cl2N2O4S. The van der Waals surface area contributed by atoms with E-state index in [2.05, 4.69) is 4.85 Å². The summed E-state index contributed by atoms with van der Waals surface area (Å²) < 4.78 is 32.4. The Labute approximate surface area is 167 Å². The third-order valence-corrected chi connectivity index (χ3v) is 6.89. The zero-order valence-corrected chi connectivity index (χ0v) is 16.4. The van der Waals surface area contributed by atoms with Gasteiger partial charge in [-0.2, -0.15) is 4.31 Å². The Balaban J connectivity index is 1.68. The Morgan fingerprint density at radius 2 is 1.85 bits per heavy atom. The molecule has 27 heavy (non-hydrogen) atoms. The van der Waals surface area contributed by atoms with Gasteiger partial charge in [-0.15, -0.1) is 0 Å². The predicted molar refractivity (Wildman–Crippen MR) is 103 cm³/mol. The lowest BCUT2D eigenvalue weighted by Gasteiger charge is -2.47. The second-order valence-corrected chi connectivity index (χ2v) is 9.15. The highest BCUT2D eigenvalue weighted by molar-refractivity contribution is 7.89. The molecule has 1 heterocycles. The van der Waals surface area contributed by atoms with Crippen LogP contribution in [0.25, 0.3) is 4.85 Å². The van der Waals surface area contributed by atoms with Crippen LogP contribution in [0, 0.1) is 12.0 Å². The van der Waals surface area contributed by atoms with Crippen molar-refractivity contribution in [3.8, 4) is 5.75 Å². The van der Waals surface area contributed by atoms with Crippen molar-refractivity contribution in [2.75, 3.05) is 26.3 Å². The Morgan fingerprint density at radius 1 is 1.19 bits per heavy atom. The summed E-state index contributed by atoms with van der Waals surface area (Å²) >= 11 is 11.8. The molecule has 6 nitrogen and oxygen atoms in total. The summed E-state index contributed by atoms with van der Waals surface area (Å²) in [6.07, 6.45) is 0. The minimum Gasteiger partial charge on any atom is -0.493 e. The summed E-state index contributed by atoms with van der Waals surface area (Å²) in [6, 6.07) is 10.8. The van der Waals surface area contributed by atoms with Crippen LogP contribution in [0.15, 0.2) is 47.4 Å². The first-order valence-electron chi connectivity index (χ1n) is 7.96. The lowest BCUT2D eigenvalue weighted by molar-refractivity contribution is -0.0272. The molecule has 0 saturated carbocycles. The van der Waals surface area contributed by atoms with Gasteiger partial charge < -0.3 is 9.84 Å². The monoisotopic (exact) mass is 426 g/mol. The lowest BCUT2D eigenvalue weighted by atomic mass is 9.83. The molecule has 3 rings (SSSR count). The van der Waals surface area contributed by atoms with Crippen LogP contribution in [0.3, 0.4) is 0 Å². The second kappa shape index (κ2) is 7.66. The van der Waals surface area contributed by atoms with Gasteiger partial charge in [0.15, 0.2) is 5.69 Å². The van der Waals surface area contributed by atoms with Crippen molar-refractivity contribution >= 4 is 38.9 Å². The summed E-state index contributed by atoms with van der Waals surface area (Å²) in [5.74, 6) is 0.553. The molecule has 0 radical (unpaired) electrons. The van der Waals surface area contributed by atoms with Crippen LogP contribution in [-0.2, 0) is 10.0 Å². The highest BCUT2D eigenvalue weighted by Gasteiger charge is 2.49. The molecule has 0 amide bonds. The fourth-order valence-electron chi connectivity index (χ4n) is 2.79. The standard InChI is InChI=1S/C18H16Cl2N2O4S/c1-21-14-3-5-15(6-4-14)26-12-18(11-23)9-22(10-18)27(24,25)17-7-2-13(19)8-16(17)20/h2-8,23H,9-12H2.